The number of anilines is 1. The van der Waals surface area contributed by atoms with Crippen LogP contribution in [0.25, 0.3) is 11.0 Å². The second-order valence-corrected chi connectivity index (χ2v) is 11.1. The van der Waals surface area contributed by atoms with Crippen LogP contribution in [0.3, 0.4) is 0 Å². The van der Waals surface area contributed by atoms with Crippen LogP contribution in [-0.2, 0) is 10.9 Å². The summed E-state index contributed by atoms with van der Waals surface area (Å²) in [4.78, 5) is 31.1. The first kappa shape index (κ1) is 27.0. The zero-order valence-corrected chi connectivity index (χ0v) is 21.7. The van der Waals surface area contributed by atoms with E-state index in [0.29, 0.717) is 38.9 Å². The van der Waals surface area contributed by atoms with Crippen molar-refractivity contribution >= 4 is 28.5 Å². The number of aromatic nitrogens is 2. The Morgan fingerprint density at radius 2 is 1.86 bits per heavy atom. The number of benzene rings is 1. The Morgan fingerprint density at radius 1 is 1.19 bits per heavy atom. The summed E-state index contributed by atoms with van der Waals surface area (Å²) in [7, 11) is 1.63. The van der Waals surface area contributed by atoms with Gasteiger partial charge in [-0.15, -0.1) is 0 Å². The quantitative estimate of drug-likeness (QED) is 0.343. The van der Waals surface area contributed by atoms with Gasteiger partial charge in [0.15, 0.2) is 0 Å². The second kappa shape index (κ2) is 10.0. The highest BCUT2D eigenvalue weighted by atomic mass is 19.4. The lowest BCUT2D eigenvalue weighted by Crippen LogP contribution is -2.43. The minimum atomic E-state index is -4.69. The number of alkyl halides is 3. The monoisotopic (exact) mass is 525 g/mol. The van der Waals surface area contributed by atoms with Crippen molar-refractivity contribution in [3.63, 3.8) is 0 Å². The number of carbonyl (C=O) groups excluding carboxylic acids is 1. The van der Waals surface area contributed by atoms with E-state index < -0.39 is 28.6 Å². The van der Waals surface area contributed by atoms with Gasteiger partial charge in [-0.3, -0.25) is 10.1 Å². The van der Waals surface area contributed by atoms with Crippen molar-refractivity contribution in [2.75, 3.05) is 31.6 Å². The smallest absolute Gasteiger partial charge is 0.444 e. The predicted octanol–water partition coefficient (Wildman–Crippen LogP) is 6.16. The molecule has 1 aromatic carbocycles. The number of carbonyl (C=O) groups is 1. The molecule has 9 nitrogen and oxygen atoms in total. The zero-order chi connectivity index (χ0) is 27.1. The molecule has 1 amide bonds. The summed E-state index contributed by atoms with van der Waals surface area (Å²) in [6.07, 6.45) is -0.807. The molecule has 204 valence electrons. The Hall–Kier alpha value is -3.05. The van der Waals surface area contributed by atoms with Crippen molar-refractivity contribution in [2.24, 2.45) is 5.92 Å². The third kappa shape index (κ3) is 5.77. The number of nitro benzene ring substituents is 1. The summed E-state index contributed by atoms with van der Waals surface area (Å²) in [6, 6.07) is 2.35. The first-order valence-electron chi connectivity index (χ1n) is 12.7. The van der Waals surface area contributed by atoms with E-state index in [-0.39, 0.29) is 34.4 Å². The van der Waals surface area contributed by atoms with Crippen LogP contribution in [0.15, 0.2) is 12.1 Å². The van der Waals surface area contributed by atoms with Gasteiger partial charge in [-0.05, 0) is 58.4 Å². The fourth-order valence-electron chi connectivity index (χ4n) is 5.55. The number of imidazole rings is 1. The number of halogens is 3. The molecule has 4 rings (SSSR count). The number of nitro groups is 1. The van der Waals surface area contributed by atoms with Gasteiger partial charge in [-0.2, -0.15) is 13.2 Å². The van der Waals surface area contributed by atoms with Crippen molar-refractivity contribution in [3.05, 3.63) is 28.1 Å². The molecule has 1 aliphatic carbocycles. The average Bonchev–Trinajstić information content (AvgIpc) is 3.44. The Morgan fingerprint density at radius 3 is 2.46 bits per heavy atom. The van der Waals surface area contributed by atoms with Gasteiger partial charge in [0.1, 0.15) is 16.8 Å². The van der Waals surface area contributed by atoms with Gasteiger partial charge in [-0.25, -0.2) is 9.78 Å². The molecule has 0 N–H and O–H groups in total. The van der Waals surface area contributed by atoms with Crippen molar-refractivity contribution < 1.29 is 27.6 Å². The lowest BCUT2D eigenvalue weighted by Gasteiger charge is -2.36. The Bertz CT molecular complexity index is 1170. The van der Waals surface area contributed by atoms with E-state index in [2.05, 4.69) is 4.98 Å². The molecule has 2 heterocycles. The van der Waals surface area contributed by atoms with E-state index in [9.17, 15) is 28.1 Å². The molecule has 2 aromatic rings. The standard InChI is InChI=1S/C25H34F3N5O4/c1-24(2,3)37-23(34)30(4)14-16-8-7-13-31(15-16)21-19(33(35)36)12-11-18-20(21)29-22(25(26,27)28)32(18)17-9-5-6-10-17/h11-12,16-17H,5-10,13-15H2,1-4H3/t16-/m0/s1. The first-order chi connectivity index (χ1) is 17.3. The van der Waals surface area contributed by atoms with Gasteiger partial charge >= 0.3 is 12.3 Å². The maximum Gasteiger partial charge on any atom is 0.449 e. The molecule has 1 aromatic heterocycles. The van der Waals surface area contributed by atoms with Crippen LogP contribution in [0.2, 0.25) is 0 Å². The molecular formula is C25H34F3N5O4. The SMILES string of the molecule is CN(C[C@@H]1CCCN(c2c([N+](=O)[O-])ccc3c2nc(C(F)(F)F)n3C2CCCC2)C1)C(=O)OC(C)(C)C. The molecule has 1 atom stereocenters. The molecule has 2 aliphatic rings. The Labute approximate surface area is 213 Å². The highest BCUT2D eigenvalue weighted by Gasteiger charge is 2.41. The summed E-state index contributed by atoms with van der Waals surface area (Å²) in [6.45, 7) is 6.50. The van der Waals surface area contributed by atoms with E-state index in [1.807, 2.05) is 0 Å². The largest absolute Gasteiger partial charge is 0.449 e. The maximum atomic E-state index is 14.1. The lowest BCUT2D eigenvalue weighted by molar-refractivity contribution is -0.384. The van der Waals surface area contributed by atoms with Gasteiger partial charge in [0.05, 0.1) is 10.4 Å². The minimum Gasteiger partial charge on any atom is -0.444 e. The number of hydrogen-bond acceptors (Lipinski definition) is 6. The third-order valence-electron chi connectivity index (χ3n) is 7.03. The van der Waals surface area contributed by atoms with E-state index in [1.165, 1.54) is 21.6 Å². The zero-order valence-electron chi connectivity index (χ0n) is 21.7. The molecule has 0 bridgehead atoms. The first-order valence-corrected chi connectivity index (χ1v) is 12.7. The fraction of sp³-hybridized carbons (Fsp3) is 0.680. The van der Waals surface area contributed by atoms with Crippen LogP contribution in [0, 0.1) is 16.0 Å². The molecule has 2 fully saturated rings. The van der Waals surface area contributed by atoms with Gasteiger partial charge < -0.3 is 19.1 Å². The topological polar surface area (TPSA) is 93.7 Å². The van der Waals surface area contributed by atoms with E-state index >= 15 is 0 Å². The molecular weight excluding hydrogens is 491 g/mol. The number of piperidine rings is 1. The Balaban J connectivity index is 1.71. The number of fused-ring (bicyclic) bond motifs is 1. The molecule has 1 saturated carbocycles. The van der Waals surface area contributed by atoms with Crippen molar-refractivity contribution in [1.82, 2.24) is 14.5 Å². The third-order valence-corrected chi connectivity index (χ3v) is 7.03. The van der Waals surface area contributed by atoms with Gasteiger partial charge in [0, 0.05) is 38.8 Å². The van der Waals surface area contributed by atoms with Crippen LogP contribution in [-0.4, -0.2) is 57.8 Å². The molecule has 37 heavy (non-hydrogen) atoms. The highest BCUT2D eigenvalue weighted by molar-refractivity contribution is 5.95. The van der Waals surface area contributed by atoms with E-state index in [4.69, 9.17) is 4.74 Å². The van der Waals surface area contributed by atoms with Crippen LogP contribution >= 0.6 is 0 Å². The summed E-state index contributed by atoms with van der Waals surface area (Å²) < 4.78 is 48.9. The number of hydrogen-bond donors (Lipinski definition) is 0. The molecule has 1 aliphatic heterocycles. The number of ether oxygens (including phenoxy) is 1. The summed E-state index contributed by atoms with van der Waals surface area (Å²) >= 11 is 0. The number of amides is 1. The minimum absolute atomic E-state index is 0.00886. The van der Waals surface area contributed by atoms with Crippen LogP contribution in [0.5, 0.6) is 0 Å². The Kier molecular flexibility index (Phi) is 7.31. The van der Waals surface area contributed by atoms with Crippen molar-refractivity contribution in [2.45, 2.75) is 77.1 Å². The van der Waals surface area contributed by atoms with Crippen LogP contribution in [0.1, 0.15) is 71.2 Å². The second-order valence-electron chi connectivity index (χ2n) is 11.1. The van der Waals surface area contributed by atoms with Gasteiger partial charge in [0.25, 0.3) is 5.69 Å². The molecule has 0 radical (unpaired) electrons. The van der Waals surface area contributed by atoms with Crippen molar-refractivity contribution in [3.8, 4) is 0 Å². The summed E-state index contributed by atoms with van der Waals surface area (Å²) in [5, 5.41) is 12.0. The van der Waals surface area contributed by atoms with Crippen LogP contribution < -0.4 is 4.90 Å². The predicted molar refractivity (Wildman–Crippen MR) is 133 cm³/mol. The van der Waals surface area contributed by atoms with Crippen LogP contribution in [0.4, 0.5) is 29.3 Å². The summed E-state index contributed by atoms with van der Waals surface area (Å²) in [5.41, 5.74) is -0.510. The molecule has 0 unspecified atom stereocenters. The fourth-order valence-corrected chi connectivity index (χ4v) is 5.55. The van der Waals surface area contributed by atoms with Gasteiger partial charge in [0.2, 0.25) is 5.82 Å². The van der Waals surface area contributed by atoms with E-state index in [1.54, 1.807) is 32.7 Å². The van der Waals surface area contributed by atoms with Gasteiger partial charge in [-0.1, -0.05) is 12.8 Å². The normalized spacial score (nSPS) is 19.4. The number of rotatable bonds is 5. The molecule has 1 saturated heterocycles. The lowest BCUT2D eigenvalue weighted by atomic mass is 9.96. The molecule has 0 spiro atoms. The van der Waals surface area contributed by atoms with Crippen molar-refractivity contribution in [1.29, 1.82) is 0 Å². The molecule has 12 heteroatoms. The highest BCUT2D eigenvalue weighted by Crippen LogP contribution is 2.44. The average molecular weight is 526 g/mol. The van der Waals surface area contributed by atoms with E-state index in [0.717, 1.165) is 19.3 Å². The number of nitrogens with zero attached hydrogens (tertiary/aromatic N) is 5. The summed E-state index contributed by atoms with van der Waals surface area (Å²) in [5.74, 6) is -1.05. The maximum absolute atomic E-state index is 14.1.